The van der Waals surface area contributed by atoms with Gasteiger partial charge in [-0.15, -0.1) is 0 Å². The normalized spacial score (nSPS) is 22.8. The molecule has 2 aromatic rings. The highest BCUT2D eigenvalue weighted by atomic mass is 15.1. The van der Waals surface area contributed by atoms with Gasteiger partial charge in [0, 0.05) is 31.4 Å². The Bertz CT molecular complexity index is 761. The summed E-state index contributed by atoms with van der Waals surface area (Å²) < 4.78 is 0. The van der Waals surface area contributed by atoms with Crippen LogP contribution in [0.3, 0.4) is 0 Å². The van der Waals surface area contributed by atoms with Crippen molar-refractivity contribution in [2.24, 2.45) is 11.7 Å². The van der Waals surface area contributed by atoms with Gasteiger partial charge in [-0.05, 0) is 37.1 Å². The molecule has 0 amide bonds. The van der Waals surface area contributed by atoms with Crippen LogP contribution in [0.1, 0.15) is 24.0 Å². The summed E-state index contributed by atoms with van der Waals surface area (Å²) in [6.45, 7) is 3.03. The Morgan fingerprint density at radius 1 is 1.42 bits per heavy atom. The molecule has 6 nitrogen and oxygen atoms in total. The van der Waals surface area contributed by atoms with E-state index in [1.54, 1.807) is 0 Å². The molecule has 1 saturated heterocycles. The molecule has 2 aliphatic heterocycles. The zero-order valence-corrected chi connectivity index (χ0v) is 13.6. The van der Waals surface area contributed by atoms with E-state index in [-0.39, 0.29) is 0 Å². The third-order valence-electron chi connectivity index (χ3n) is 4.81. The van der Waals surface area contributed by atoms with Gasteiger partial charge in [-0.1, -0.05) is 6.07 Å². The quantitative estimate of drug-likeness (QED) is 0.654. The second kappa shape index (κ2) is 6.49. The fourth-order valence-corrected chi connectivity index (χ4v) is 3.60. The van der Waals surface area contributed by atoms with Crippen molar-refractivity contribution in [2.75, 3.05) is 13.1 Å². The molecule has 1 unspecified atom stereocenters. The molecule has 4 heterocycles. The molecule has 0 bridgehead atoms. The molecule has 2 aromatic heterocycles. The van der Waals surface area contributed by atoms with Gasteiger partial charge in [0.1, 0.15) is 5.70 Å². The van der Waals surface area contributed by atoms with Crippen LogP contribution in [0.5, 0.6) is 0 Å². The van der Waals surface area contributed by atoms with Crippen LogP contribution in [0.2, 0.25) is 0 Å². The van der Waals surface area contributed by atoms with Gasteiger partial charge in [-0.3, -0.25) is 25.2 Å². The molecular formula is C18H23N6+. The highest BCUT2D eigenvalue weighted by Crippen LogP contribution is 2.28. The first-order valence-electron chi connectivity index (χ1n) is 8.44. The van der Waals surface area contributed by atoms with Gasteiger partial charge in [0.05, 0.1) is 17.5 Å². The van der Waals surface area contributed by atoms with Gasteiger partial charge in [0.2, 0.25) is 5.82 Å². The first kappa shape index (κ1) is 15.0. The maximum absolute atomic E-state index is 6.57. The molecule has 1 fully saturated rings. The minimum Gasteiger partial charge on any atom is -0.399 e. The molecule has 1 atom stereocenters. The molecule has 4 rings (SSSR count). The summed E-state index contributed by atoms with van der Waals surface area (Å²) in [4.78, 5) is 13.1. The molecule has 0 radical (unpaired) electrons. The van der Waals surface area contributed by atoms with Crippen LogP contribution >= 0.6 is 0 Å². The molecule has 6 heteroatoms. The van der Waals surface area contributed by atoms with Crippen LogP contribution in [-0.4, -0.2) is 34.3 Å². The Morgan fingerprint density at radius 3 is 3.25 bits per heavy atom. The Kier molecular flexibility index (Phi) is 4.04. The number of piperidine rings is 1. The average Bonchev–Trinajstić information content (AvgIpc) is 3.11. The largest absolute Gasteiger partial charge is 0.399 e. The third kappa shape index (κ3) is 2.92. The Morgan fingerprint density at radius 2 is 2.38 bits per heavy atom. The average molecular weight is 323 g/mol. The Hall–Kier alpha value is -2.60. The predicted molar refractivity (Wildman–Crippen MR) is 94.0 cm³/mol. The van der Waals surface area contributed by atoms with Gasteiger partial charge in [0.25, 0.3) is 0 Å². The van der Waals surface area contributed by atoms with Crippen molar-refractivity contribution in [2.45, 2.75) is 19.4 Å². The molecule has 0 aliphatic carbocycles. The number of hydrogen-bond donors (Lipinski definition) is 4. The highest BCUT2D eigenvalue weighted by molar-refractivity contribution is 5.82. The van der Waals surface area contributed by atoms with Gasteiger partial charge in [0.15, 0.2) is 6.34 Å². The van der Waals surface area contributed by atoms with Gasteiger partial charge in [-0.2, -0.15) is 0 Å². The summed E-state index contributed by atoms with van der Waals surface area (Å²) in [5.74, 6) is 1.36. The molecule has 0 saturated carbocycles. The van der Waals surface area contributed by atoms with Gasteiger partial charge >= 0.3 is 0 Å². The van der Waals surface area contributed by atoms with Crippen LogP contribution in [0.25, 0.3) is 5.70 Å². The first-order valence-corrected chi connectivity index (χ1v) is 8.44. The first-order chi connectivity index (χ1) is 11.8. The van der Waals surface area contributed by atoms with Crippen molar-refractivity contribution in [3.63, 3.8) is 0 Å². The third-order valence-corrected chi connectivity index (χ3v) is 4.81. The van der Waals surface area contributed by atoms with Gasteiger partial charge < -0.3 is 5.73 Å². The number of fused-ring (bicyclic) bond motifs is 1. The zero-order valence-electron chi connectivity index (χ0n) is 13.6. The second-order valence-corrected chi connectivity index (χ2v) is 6.47. The molecule has 2 aliphatic rings. The number of pyridine rings is 1. The number of hydrogen-bond acceptors (Lipinski definition) is 4. The summed E-state index contributed by atoms with van der Waals surface area (Å²) in [6, 6.07) is 6.18. The number of aromatic nitrogens is 2. The highest BCUT2D eigenvalue weighted by Gasteiger charge is 2.27. The Labute approximate surface area is 141 Å². The fourth-order valence-electron chi connectivity index (χ4n) is 3.60. The van der Waals surface area contributed by atoms with E-state index in [9.17, 15) is 0 Å². The lowest BCUT2D eigenvalue weighted by molar-refractivity contribution is -0.356. The maximum Gasteiger partial charge on any atom is 0.234 e. The molecule has 124 valence electrons. The lowest BCUT2D eigenvalue weighted by Crippen LogP contribution is -2.67. The summed E-state index contributed by atoms with van der Waals surface area (Å²) in [5, 5.41) is 3.29. The maximum atomic E-state index is 6.57. The van der Waals surface area contributed by atoms with E-state index in [2.05, 4.69) is 37.3 Å². The van der Waals surface area contributed by atoms with Crippen LogP contribution in [0, 0.1) is 5.92 Å². The number of nitrogens with two attached hydrogens (primary N) is 1. The van der Waals surface area contributed by atoms with Crippen LogP contribution < -0.4 is 16.0 Å². The topological polar surface area (TPSA) is 83.9 Å². The standard InChI is InChI=1S/C18H22N6/c19-16(17-15-5-7-21-18(15)23-12-22-17)14-4-2-8-24(11-14)10-13-3-1-6-20-9-13/h1,3,5-7,9,12,14,21H,2,4,8,10-11,19H2,(H,22,23)/p+1/b17-16-. The zero-order chi connectivity index (χ0) is 16.4. The number of rotatable bonds is 3. The van der Waals surface area contributed by atoms with E-state index in [0.29, 0.717) is 5.92 Å². The van der Waals surface area contributed by atoms with Crippen LogP contribution in [-0.2, 0) is 6.54 Å². The second-order valence-electron chi connectivity index (χ2n) is 6.47. The summed E-state index contributed by atoms with van der Waals surface area (Å²) in [7, 11) is 0. The van der Waals surface area contributed by atoms with E-state index in [1.807, 2.05) is 31.0 Å². The van der Waals surface area contributed by atoms with Crippen molar-refractivity contribution >= 4 is 17.9 Å². The van der Waals surface area contributed by atoms with E-state index in [1.165, 1.54) is 12.0 Å². The van der Waals surface area contributed by atoms with Crippen LogP contribution in [0.4, 0.5) is 5.82 Å². The number of likely N-dealkylation sites (tertiary alicyclic amines) is 1. The number of nitrogens with zero attached hydrogens (tertiary/aromatic N) is 2. The van der Waals surface area contributed by atoms with E-state index in [0.717, 1.165) is 48.8 Å². The molecular weight excluding hydrogens is 300 g/mol. The minimum atomic E-state index is 0.368. The summed E-state index contributed by atoms with van der Waals surface area (Å²) in [5.41, 5.74) is 10.9. The predicted octanol–water partition coefficient (Wildman–Crippen LogP) is 0.293. The number of aromatic amines is 1. The van der Waals surface area contributed by atoms with Crippen molar-refractivity contribution in [3.05, 3.63) is 53.6 Å². The fraction of sp³-hybridized carbons (Fsp3) is 0.333. The minimum absolute atomic E-state index is 0.368. The van der Waals surface area contributed by atoms with Crippen molar-refractivity contribution < 1.29 is 4.99 Å². The molecule has 5 N–H and O–H groups in total. The van der Waals surface area contributed by atoms with Crippen LogP contribution in [0.15, 0.2) is 42.5 Å². The van der Waals surface area contributed by atoms with Crippen molar-refractivity contribution in [3.8, 4) is 0 Å². The lowest BCUT2D eigenvalue weighted by atomic mass is 9.92. The summed E-state index contributed by atoms with van der Waals surface area (Å²) in [6.07, 6.45) is 9.83. The Balaban J connectivity index is 1.52. The SMILES string of the molecule is N/C(=C1\NC=[NH+]c2[nH]ccc21)C1CCCN(Cc2cccnc2)C1. The monoisotopic (exact) mass is 323 g/mol. The van der Waals surface area contributed by atoms with E-state index < -0.39 is 0 Å². The lowest BCUT2D eigenvalue weighted by Gasteiger charge is -2.33. The van der Waals surface area contributed by atoms with E-state index in [4.69, 9.17) is 5.73 Å². The molecule has 0 aromatic carbocycles. The summed E-state index contributed by atoms with van der Waals surface area (Å²) >= 11 is 0. The smallest absolute Gasteiger partial charge is 0.234 e. The number of H-pyrrole nitrogens is 1. The van der Waals surface area contributed by atoms with Crippen molar-refractivity contribution in [1.29, 1.82) is 0 Å². The van der Waals surface area contributed by atoms with Gasteiger partial charge in [-0.25, -0.2) is 0 Å². The van der Waals surface area contributed by atoms with E-state index >= 15 is 0 Å². The number of nitrogens with one attached hydrogen (secondary N) is 3. The van der Waals surface area contributed by atoms with Crippen molar-refractivity contribution in [1.82, 2.24) is 20.2 Å². The molecule has 24 heavy (non-hydrogen) atoms. The molecule has 0 spiro atoms.